The number of pyridine rings is 1. The predicted molar refractivity (Wildman–Crippen MR) is 98.8 cm³/mol. The molecule has 1 amide bonds. The molecule has 0 fully saturated rings. The van der Waals surface area contributed by atoms with Gasteiger partial charge in [0.25, 0.3) is 5.91 Å². The van der Waals surface area contributed by atoms with Gasteiger partial charge in [-0.15, -0.1) is 0 Å². The molecule has 26 heavy (non-hydrogen) atoms. The molecule has 2 N–H and O–H groups in total. The smallest absolute Gasteiger partial charge is 0.259 e. The molecule has 0 unspecified atom stereocenters. The summed E-state index contributed by atoms with van der Waals surface area (Å²) in [7, 11) is 0. The van der Waals surface area contributed by atoms with Gasteiger partial charge in [0.2, 0.25) is 5.71 Å². The average Bonchev–Trinajstić information content (AvgIpc) is 3.04. The summed E-state index contributed by atoms with van der Waals surface area (Å²) in [6.45, 7) is 1.86. The van der Waals surface area contributed by atoms with Gasteiger partial charge in [-0.2, -0.15) is 15.6 Å². The zero-order valence-corrected chi connectivity index (χ0v) is 14.3. The molecule has 0 aliphatic heterocycles. The van der Waals surface area contributed by atoms with E-state index in [-0.39, 0.29) is 11.6 Å². The van der Waals surface area contributed by atoms with Crippen LogP contribution < -0.4 is 10.7 Å². The fourth-order valence-corrected chi connectivity index (χ4v) is 2.99. The summed E-state index contributed by atoms with van der Waals surface area (Å²) in [5.41, 5.74) is 5.05. The summed E-state index contributed by atoms with van der Waals surface area (Å²) in [5, 5.41) is 24.3. The quantitative estimate of drug-likeness (QED) is 0.543. The number of amides is 1. The van der Waals surface area contributed by atoms with Crippen LogP contribution in [0.15, 0.2) is 41.8 Å². The Balaban J connectivity index is 1.79. The van der Waals surface area contributed by atoms with Gasteiger partial charge in [0, 0.05) is 12.4 Å². The van der Waals surface area contributed by atoms with E-state index in [4.69, 9.17) is 10.5 Å². The minimum atomic E-state index is -0.282. The fraction of sp³-hybridized carbons (Fsp3) is 0.0588. The number of carbonyl (C=O) groups excluding carboxylic acids is 1. The number of nitrogens with zero attached hydrogens (tertiary/aromatic N) is 5. The van der Waals surface area contributed by atoms with Crippen LogP contribution in [0.25, 0.3) is 10.2 Å². The number of nitrogens with one attached hydrogen (secondary N) is 2. The molecule has 3 aromatic rings. The zero-order chi connectivity index (χ0) is 18.5. The number of nitriles is 2. The summed E-state index contributed by atoms with van der Waals surface area (Å²) in [6.07, 6.45) is 3.17. The van der Waals surface area contributed by atoms with Crippen LogP contribution in [0.3, 0.4) is 0 Å². The second kappa shape index (κ2) is 7.38. The molecule has 8 nitrogen and oxygen atoms in total. The van der Waals surface area contributed by atoms with Crippen molar-refractivity contribution in [2.75, 3.05) is 10.7 Å². The van der Waals surface area contributed by atoms with Crippen molar-refractivity contribution in [1.29, 1.82) is 10.5 Å². The molecule has 2 aromatic heterocycles. The van der Waals surface area contributed by atoms with Crippen LogP contribution in [0.4, 0.5) is 10.8 Å². The van der Waals surface area contributed by atoms with Crippen LogP contribution in [0.1, 0.15) is 15.9 Å². The molecular formula is C17H11N7OS. The van der Waals surface area contributed by atoms with Crippen molar-refractivity contribution >= 4 is 44.0 Å². The van der Waals surface area contributed by atoms with Gasteiger partial charge < -0.3 is 0 Å². The molecule has 2 heterocycles. The van der Waals surface area contributed by atoms with Crippen LogP contribution in [0, 0.1) is 29.6 Å². The first-order valence-corrected chi connectivity index (χ1v) is 8.18. The van der Waals surface area contributed by atoms with Crippen molar-refractivity contribution in [1.82, 2.24) is 9.97 Å². The monoisotopic (exact) mass is 361 g/mol. The first-order valence-electron chi connectivity index (χ1n) is 7.36. The lowest BCUT2D eigenvalue weighted by Crippen LogP contribution is -2.12. The highest BCUT2D eigenvalue weighted by molar-refractivity contribution is 7.22. The van der Waals surface area contributed by atoms with Crippen LogP contribution in [0.2, 0.25) is 0 Å². The lowest BCUT2D eigenvalue weighted by Gasteiger charge is -2.01. The van der Waals surface area contributed by atoms with Gasteiger partial charge in [-0.05, 0) is 36.8 Å². The second-order valence-electron chi connectivity index (χ2n) is 5.20. The number of hydrazone groups is 1. The van der Waals surface area contributed by atoms with Crippen LogP contribution in [0.5, 0.6) is 0 Å². The zero-order valence-electron chi connectivity index (χ0n) is 13.5. The Hall–Kier alpha value is -3.82. The molecule has 1 aromatic carbocycles. The number of benzene rings is 1. The number of rotatable bonds is 4. The summed E-state index contributed by atoms with van der Waals surface area (Å²) >= 11 is 1.30. The van der Waals surface area contributed by atoms with Crippen molar-refractivity contribution < 1.29 is 4.79 Å². The number of aromatic nitrogens is 2. The van der Waals surface area contributed by atoms with Gasteiger partial charge in [0.05, 0.1) is 21.5 Å². The van der Waals surface area contributed by atoms with Crippen molar-refractivity contribution in [3.63, 3.8) is 0 Å². The van der Waals surface area contributed by atoms with Crippen molar-refractivity contribution in [2.45, 2.75) is 6.92 Å². The standard InChI is InChI=1S/C17H11N7OS/c1-10-4-11(9-20-8-10)16(25)22-17-21-14-3-2-12(5-15(14)26-17)23-24-13(6-18)7-19/h2-5,8-9,23H,1H3,(H,21,22,25). The average molecular weight is 361 g/mol. The highest BCUT2D eigenvalue weighted by Gasteiger charge is 2.11. The maximum absolute atomic E-state index is 12.3. The van der Waals surface area contributed by atoms with Crippen LogP contribution >= 0.6 is 11.3 Å². The molecule has 0 bridgehead atoms. The molecule has 3 rings (SSSR count). The lowest BCUT2D eigenvalue weighted by atomic mass is 10.2. The first kappa shape index (κ1) is 17.0. The Morgan fingerprint density at radius 3 is 2.77 bits per heavy atom. The minimum absolute atomic E-state index is 0.269. The van der Waals surface area contributed by atoms with E-state index in [1.54, 1.807) is 42.6 Å². The van der Waals surface area contributed by atoms with E-state index < -0.39 is 0 Å². The fourth-order valence-electron chi connectivity index (χ4n) is 2.09. The topological polar surface area (TPSA) is 127 Å². The SMILES string of the molecule is Cc1cncc(C(=O)Nc2nc3ccc(NN=C(C#N)C#N)cc3s2)c1. The number of hydrogen-bond donors (Lipinski definition) is 2. The molecule has 0 saturated heterocycles. The second-order valence-corrected chi connectivity index (χ2v) is 6.23. The highest BCUT2D eigenvalue weighted by atomic mass is 32.1. The number of fused-ring (bicyclic) bond motifs is 1. The molecule has 0 aliphatic carbocycles. The van der Waals surface area contributed by atoms with E-state index in [9.17, 15) is 4.79 Å². The van der Waals surface area contributed by atoms with Crippen molar-refractivity contribution in [2.24, 2.45) is 5.10 Å². The number of thiazole rings is 1. The van der Waals surface area contributed by atoms with Crippen molar-refractivity contribution in [3.8, 4) is 12.1 Å². The highest BCUT2D eigenvalue weighted by Crippen LogP contribution is 2.28. The van der Waals surface area contributed by atoms with Gasteiger partial charge >= 0.3 is 0 Å². The van der Waals surface area contributed by atoms with Gasteiger partial charge in [-0.1, -0.05) is 11.3 Å². The molecule has 0 spiro atoms. The minimum Gasteiger partial charge on any atom is -0.298 e. The Kier molecular flexibility index (Phi) is 4.83. The number of aryl methyl sites for hydroxylation is 1. The van der Waals surface area contributed by atoms with Crippen LogP contribution in [-0.2, 0) is 0 Å². The maximum Gasteiger partial charge on any atom is 0.259 e. The predicted octanol–water partition coefficient (Wildman–Crippen LogP) is 3.07. The molecule has 9 heteroatoms. The van der Waals surface area contributed by atoms with Crippen LogP contribution in [-0.4, -0.2) is 21.6 Å². The summed E-state index contributed by atoms with van der Waals surface area (Å²) in [6, 6.07) is 10.3. The van der Waals surface area contributed by atoms with E-state index in [1.165, 1.54) is 17.5 Å². The molecule has 0 aliphatic rings. The molecule has 0 atom stereocenters. The molecule has 0 saturated carbocycles. The van der Waals surface area contributed by atoms with Crippen molar-refractivity contribution in [3.05, 3.63) is 47.8 Å². The third-order valence-corrected chi connectivity index (χ3v) is 4.19. The van der Waals surface area contributed by atoms with Gasteiger partial charge in [0.15, 0.2) is 5.13 Å². The summed E-state index contributed by atoms with van der Waals surface area (Å²) in [4.78, 5) is 20.7. The third kappa shape index (κ3) is 3.80. The van der Waals surface area contributed by atoms with Gasteiger partial charge in [-0.25, -0.2) is 4.98 Å². The van der Waals surface area contributed by atoms with E-state index in [0.717, 1.165) is 10.3 Å². The Morgan fingerprint density at radius 2 is 2.04 bits per heavy atom. The summed E-state index contributed by atoms with van der Waals surface area (Å²) < 4.78 is 0.818. The lowest BCUT2D eigenvalue weighted by molar-refractivity contribution is 0.102. The first-order chi connectivity index (χ1) is 12.6. The molecule has 126 valence electrons. The normalized spacial score (nSPS) is 9.81. The summed E-state index contributed by atoms with van der Waals surface area (Å²) in [5.74, 6) is -0.282. The van der Waals surface area contributed by atoms with Gasteiger partial charge in [-0.3, -0.25) is 20.5 Å². The molecular weight excluding hydrogens is 350 g/mol. The van der Waals surface area contributed by atoms with E-state index in [0.29, 0.717) is 21.9 Å². The largest absolute Gasteiger partial charge is 0.298 e. The van der Waals surface area contributed by atoms with E-state index >= 15 is 0 Å². The number of anilines is 2. The van der Waals surface area contributed by atoms with E-state index in [2.05, 4.69) is 25.8 Å². The Bertz CT molecular complexity index is 1090. The Labute approximate surface area is 152 Å². The van der Waals surface area contributed by atoms with E-state index in [1.807, 2.05) is 6.92 Å². The van der Waals surface area contributed by atoms with Gasteiger partial charge in [0.1, 0.15) is 12.1 Å². The molecule has 0 radical (unpaired) electrons. The Morgan fingerprint density at radius 1 is 1.23 bits per heavy atom. The number of hydrogen-bond acceptors (Lipinski definition) is 8. The number of carbonyl (C=O) groups is 1. The maximum atomic E-state index is 12.3. The third-order valence-electron chi connectivity index (χ3n) is 3.25.